The summed E-state index contributed by atoms with van der Waals surface area (Å²) in [7, 11) is 0. The molecule has 146 valence electrons. The molecule has 28 heavy (non-hydrogen) atoms. The summed E-state index contributed by atoms with van der Waals surface area (Å²) in [6, 6.07) is 10.5. The summed E-state index contributed by atoms with van der Waals surface area (Å²) in [4.78, 5) is 36.5. The first-order valence-corrected chi connectivity index (χ1v) is 9.13. The van der Waals surface area contributed by atoms with Crippen LogP contribution in [0.1, 0.15) is 44.7 Å². The molecule has 1 heterocycles. The second-order valence-corrected chi connectivity index (χ2v) is 6.68. The first-order chi connectivity index (χ1) is 13.4. The number of rotatable bonds is 7. The van der Waals surface area contributed by atoms with Gasteiger partial charge in [-0.15, -0.1) is 0 Å². The fraction of sp³-hybridized carbons (Fsp3) is 0.318. The molecule has 0 saturated carbocycles. The van der Waals surface area contributed by atoms with Gasteiger partial charge in [-0.05, 0) is 43.7 Å². The molecular weight excluding hydrogens is 360 g/mol. The van der Waals surface area contributed by atoms with Crippen LogP contribution in [0.15, 0.2) is 36.4 Å². The average Bonchev–Trinajstić information content (AvgIpc) is 2.71. The van der Waals surface area contributed by atoms with E-state index in [1.165, 1.54) is 0 Å². The topological polar surface area (TPSA) is 78.9 Å². The minimum absolute atomic E-state index is 0.00383. The Balaban J connectivity index is 1.49. The van der Waals surface area contributed by atoms with Gasteiger partial charge < -0.3 is 14.2 Å². The van der Waals surface area contributed by atoms with Crippen LogP contribution in [-0.2, 0) is 9.53 Å². The van der Waals surface area contributed by atoms with Crippen molar-refractivity contribution in [3.63, 3.8) is 0 Å². The first-order valence-electron chi connectivity index (χ1n) is 9.13. The van der Waals surface area contributed by atoms with E-state index in [9.17, 15) is 14.4 Å². The highest BCUT2D eigenvalue weighted by atomic mass is 16.6. The summed E-state index contributed by atoms with van der Waals surface area (Å²) in [5, 5.41) is 0. The number of carbonyl (C=O) groups excluding carboxylic acids is 3. The van der Waals surface area contributed by atoms with Gasteiger partial charge in [-0.3, -0.25) is 14.4 Å². The number of hydrogen-bond acceptors (Lipinski definition) is 6. The highest BCUT2D eigenvalue weighted by Gasteiger charge is 2.17. The quantitative estimate of drug-likeness (QED) is 0.539. The summed E-state index contributed by atoms with van der Waals surface area (Å²) in [5.74, 6) is 0.0954. The molecule has 0 aromatic heterocycles. The minimum atomic E-state index is -0.579. The number of fused-ring (bicyclic) bond motifs is 1. The third-order valence-corrected chi connectivity index (χ3v) is 4.48. The van der Waals surface area contributed by atoms with E-state index in [1.54, 1.807) is 24.3 Å². The van der Waals surface area contributed by atoms with Crippen molar-refractivity contribution < 1.29 is 28.6 Å². The third-order valence-electron chi connectivity index (χ3n) is 4.48. The summed E-state index contributed by atoms with van der Waals surface area (Å²) in [6.07, 6.45) is -0.0938. The van der Waals surface area contributed by atoms with Crippen molar-refractivity contribution in [2.24, 2.45) is 0 Å². The van der Waals surface area contributed by atoms with E-state index in [0.717, 1.165) is 11.1 Å². The number of aryl methyl sites for hydroxylation is 2. The summed E-state index contributed by atoms with van der Waals surface area (Å²) in [5.41, 5.74) is 2.79. The predicted molar refractivity (Wildman–Crippen MR) is 102 cm³/mol. The molecule has 0 saturated heterocycles. The van der Waals surface area contributed by atoms with Gasteiger partial charge in [-0.25, -0.2) is 0 Å². The smallest absolute Gasteiger partial charge is 0.306 e. The number of esters is 1. The van der Waals surface area contributed by atoms with Crippen molar-refractivity contribution in [3.8, 4) is 11.5 Å². The van der Waals surface area contributed by atoms with Crippen molar-refractivity contribution in [2.75, 3.05) is 19.8 Å². The Kier molecular flexibility index (Phi) is 6.09. The number of carbonyl (C=O) groups is 3. The normalized spacial score (nSPS) is 12.4. The van der Waals surface area contributed by atoms with Gasteiger partial charge in [0.05, 0.1) is 6.42 Å². The largest absolute Gasteiger partial charge is 0.486 e. The van der Waals surface area contributed by atoms with E-state index in [4.69, 9.17) is 14.2 Å². The van der Waals surface area contributed by atoms with Crippen molar-refractivity contribution in [1.82, 2.24) is 0 Å². The Morgan fingerprint density at radius 1 is 0.893 bits per heavy atom. The molecule has 0 N–H and O–H groups in total. The van der Waals surface area contributed by atoms with E-state index < -0.39 is 5.97 Å². The van der Waals surface area contributed by atoms with Crippen LogP contribution >= 0.6 is 0 Å². The summed E-state index contributed by atoms with van der Waals surface area (Å²) in [6.45, 7) is 4.31. The zero-order chi connectivity index (χ0) is 20.1. The van der Waals surface area contributed by atoms with Crippen LogP contribution in [0.25, 0.3) is 0 Å². The molecule has 0 amide bonds. The highest BCUT2D eigenvalue weighted by Crippen LogP contribution is 2.31. The van der Waals surface area contributed by atoms with Gasteiger partial charge in [0.25, 0.3) is 0 Å². The van der Waals surface area contributed by atoms with Crippen LogP contribution in [0.2, 0.25) is 0 Å². The number of Topliss-reactive ketones (excluding diaryl/α,β-unsaturated/α-hetero) is 2. The zero-order valence-electron chi connectivity index (χ0n) is 15.9. The Morgan fingerprint density at radius 2 is 1.64 bits per heavy atom. The Morgan fingerprint density at radius 3 is 2.43 bits per heavy atom. The van der Waals surface area contributed by atoms with Crippen LogP contribution in [-0.4, -0.2) is 37.4 Å². The van der Waals surface area contributed by atoms with Gasteiger partial charge in [-0.1, -0.05) is 17.7 Å². The average molecular weight is 382 g/mol. The van der Waals surface area contributed by atoms with Crippen molar-refractivity contribution >= 4 is 17.5 Å². The highest BCUT2D eigenvalue weighted by molar-refractivity contribution is 6.00. The van der Waals surface area contributed by atoms with E-state index >= 15 is 0 Å². The summed E-state index contributed by atoms with van der Waals surface area (Å²) < 4.78 is 15.9. The van der Waals surface area contributed by atoms with Gasteiger partial charge >= 0.3 is 5.97 Å². The molecule has 2 aromatic carbocycles. The fourth-order valence-electron chi connectivity index (χ4n) is 2.91. The molecule has 0 spiro atoms. The molecular formula is C22H22O6. The van der Waals surface area contributed by atoms with Crippen molar-refractivity contribution in [3.05, 3.63) is 58.7 Å². The molecule has 0 bridgehead atoms. The molecule has 2 aromatic rings. The Hall–Kier alpha value is -3.15. The van der Waals surface area contributed by atoms with E-state index in [1.807, 2.05) is 26.0 Å². The molecule has 6 heteroatoms. The zero-order valence-corrected chi connectivity index (χ0v) is 15.9. The van der Waals surface area contributed by atoms with Crippen LogP contribution in [0.4, 0.5) is 0 Å². The van der Waals surface area contributed by atoms with Gasteiger partial charge in [0.1, 0.15) is 13.2 Å². The second-order valence-electron chi connectivity index (χ2n) is 6.68. The molecule has 6 nitrogen and oxygen atoms in total. The molecule has 1 aliphatic rings. The molecule has 0 atom stereocenters. The van der Waals surface area contributed by atoms with Crippen LogP contribution in [0.3, 0.4) is 0 Å². The van der Waals surface area contributed by atoms with Gasteiger partial charge in [0.15, 0.2) is 23.9 Å². The molecule has 0 aliphatic carbocycles. The number of benzene rings is 2. The standard InChI is InChI=1S/C22H22O6/c1-14-3-4-15(2)17(11-14)19(24)13-28-22(25)8-6-18(23)16-5-7-20-21(12-16)27-10-9-26-20/h3-5,7,11-12H,6,8-10,13H2,1-2H3. The molecule has 0 unspecified atom stereocenters. The molecule has 0 radical (unpaired) electrons. The van der Waals surface area contributed by atoms with Crippen molar-refractivity contribution in [2.45, 2.75) is 26.7 Å². The van der Waals surface area contributed by atoms with Crippen LogP contribution in [0.5, 0.6) is 11.5 Å². The number of ether oxygens (including phenoxy) is 3. The minimum Gasteiger partial charge on any atom is -0.486 e. The lowest BCUT2D eigenvalue weighted by atomic mass is 10.0. The maximum Gasteiger partial charge on any atom is 0.306 e. The maximum absolute atomic E-state index is 12.3. The van der Waals surface area contributed by atoms with Gasteiger partial charge in [0.2, 0.25) is 5.78 Å². The van der Waals surface area contributed by atoms with Crippen LogP contribution in [0, 0.1) is 13.8 Å². The number of ketones is 2. The number of hydrogen-bond donors (Lipinski definition) is 0. The van der Waals surface area contributed by atoms with Crippen LogP contribution < -0.4 is 9.47 Å². The van der Waals surface area contributed by atoms with E-state index in [2.05, 4.69) is 0 Å². The van der Waals surface area contributed by atoms with Gasteiger partial charge in [0, 0.05) is 17.5 Å². The van der Waals surface area contributed by atoms with Crippen molar-refractivity contribution in [1.29, 1.82) is 0 Å². The SMILES string of the molecule is Cc1ccc(C)c(C(=O)COC(=O)CCC(=O)c2ccc3c(c2)OCCO3)c1. The predicted octanol–water partition coefficient (Wildman–Crippen LogP) is 3.46. The lowest BCUT2D eigenvalue weighted by molar-refractivity contribution is -0.142. The lowest BCUT2D eigenvalue weighted by Crippen LogP contribution is -2.17. The van der Waals surface area contributed by atoms with E-state index in [-0.39, 0.29) is 31.0 Å². The Labute approximate surface area is 163 Å². The Bertz CT molecular complexity index is 915. The monoisotopic (exact) mass is 382 g/mol. The van der Waals surface area contributed by atoms with E-state index in [0.29, 0.717) is 35.8 Å². The molecule has 0 fully saturated rings. The third kappa shape index (κ3) is 4.76. The molecule has 3 rings (SSSR count). The lowest BCUT2D eigenvalue weighted by Gasteiger charge is -2.18. The molecule has 1 aliphatic heterocycles. The summed E-state index contributed by atoms with van der Waals surface area (Å²) >= 11 is 0. The second kappa shape index (κ2) is 8.69. The van der Waals surface area contributed by atoms with Gasteiger partial charge in [-0.2, -0.15) is 0 Å². The maximum atomic E-state index is 12.3. The first kappa shape index (κ1) is 19.6. The fourth-order valence-corrected chi connectivity index (χ4v) is 2.91.